The molecule has 0 aromatic rings. The molecule has 2 N–H and O–H groups in total. The molecule has 0 aliphatic heterocycles. The Bertz CT molecular complexity index is 249. The minimum Gasteiger partial charge on any atom is -0.481 e. The summed E-state index contributed by atoms with van der Waals surface area (Å²) in [5.41, 5.74) is 0. The van der Waals surface area contributed by atoms with Gasteiger partial charge in [-0.15, -0.1) is 6.58 Å². The van der Waals surface area contributed by atoms with E-state index in [2.05, 4.69) is 13.5 Å². The minimum atomic E-state index is -0.829. The lowest BCUT2D eigenvalue weighted by Gasteiger charge is -2.00. The summed E-state index contributed by atoms with van der Waals surface area (Å²) in [6, 6.07) is 0. The predicted octanol–water partition coefficient (Wildman–Crippen LogP) is 4.64. The fourth-order valence-electron chi connectivity index (χ4n) is 1.71. The second-order valence-electron chi connectivity index (χ2n) is 4.86. The molecule has 0 radical (unpaired) electrons. The van der Waals surface area contributed by atoms with E-state index in [1.807, 2.05) is 0 Å². The molecule has 0 spiro atoms. The van der Waals surface area contributed by atoms with Crippen LogP contribution < -0.4 is 0 Å². The van der Waals surface area contributed by atoms with Crippen molar-refractivity contribution in [2.75, 3.05) is 0 Å². The van der Waals surface area contributed by atoms with Crippen LogP contribution in [0.4, 0.5) is 0 Å². The van der Waals surface area contributed by atoms with Crippen molar-refractivity contribution in [3.63, 3.8) is 0 Å². The third kappa shape index (κ3) is 25.5. The molecule has 0 aromatic heterocycles. The van der Waals surface area contributed by atoms with E-state index in [-0.39, 0.29) is 6.42 Å². The van der Waals surface area contributed by atoms with Crippen molar-refractivity contribution >= 4 is 11.9 Å². The highest BCUT2D eigenvalue weighted by Crippen LogP contribution is 2.10. The van der Waals surface area contributed by atoms with E-state index < -0.39 is 11.9 Å². The molecule has 0 fully saturated rings. The number of hydrogen-bond donors (Lipinski definition) is 2. The third-order valence-electron chi connectivity index (χ3n) is 2.81. The van der Waals surface area contributed by atoms with Crippen molar-refractivity contribution < 1.29 is 19.8 Å². The van der Waals surface area contributed by atoms with Gasteiger partial charge >= 0.3 is 11.9 Å². The van der Waals surface area contributed by atoms with Gasteiger partial charge < -0.3 is 10.2 Å². The highest BCUT2D eigenvalue weighted by molar-refractivity contribution is 5.68. The van der Waals surface area contributed by atoms with Crippen LogP contribution in [0.1, 0.15) is 77.6 Å². The Balaban J connectivity index is 0. The monoisotopic (exact) mass is 286 g/mol. The van der Waals surface area contributed by atoms with E-state index >= 15 is 0 Å². The summed E-state index contributed by atoms with van der Waals surface area (Å²) in [5, 5.41) is 16.3. The number of carboxylic acids is 2. The van der Waals surface area contributed by atoms with Crippen LogP contribution in [-0.4, -0.2) is 22.2 Å². The summed E-state index contributed by atoms with van der Waals surface area (Å²) in [4.78, 5) is 19.7. The molecule has 0 rings (SSSR count). The average molecular weight is 286 g/mol. The van der Waals surface area contributed by atoms with Crippen LogP contribution in [0, 0.1) is 0 Å². The van der Waals surface area contributed by atoms with Crippen LogP contribution >= 0.6 is 0 Å². The molecular weight excluding hydrogens is 256 g/mol. The quantitative estimate of drug-likeness (QED) is 0.405. The van der Waals surface area contributed by atoms with Gasteiger partial charge in [-0.3, -0.25) is 9.59 Å². The van der Waals surface area contributed by atoms with Crippen LogP contribution in [0.5, 0.6) is 0 Å². The molecule has 4 heteroatoms. The summed E-state index contributed by atoms with van der Waals surface area (Å²) in [6.45, 7) is 5.45. The lowest BCUT2D eigenvalue weighted by atomic mass is 10.1. The average Bonchev–Trinajstić information content (AvgIpc) is 2.37. The highest BCUT2D eigenvalue weighted by Gasteiger charge is 1.96. The zero-order valence-electron chi connectivity index (χ0n) is 12.8. The van der Waals surface area contributed by atoms with Gasteiger partial charge in [0.1, 0.15) is 0 Å². The second kappa shape index (κ2) is 17.7. The minimum absolute atomic E-state index is 0.0556. The largest absolute Gasteiger partial charge is 0.481 e. The standard InChI is InChI=1S/C12H24O2.C4H6O2/c1-2-3-4-5-6-7-8-9-10-11-12(13)14;1-2-3-4(5)6/h2-11H2,1H3,(H,13,14);2H,1,3H2,(H,5,6). The van der Waals surface area contributed by atoms with Crippen LogP contribution in [0.25, 0.3) is 0 Å². The third-order valence-corrected chi connectivity index (χ3v) is 2.81. The van der Waals surface area contributed by atoms with E-state index in [1.165, 1.54) is 51.0 Å². The fourth-order valence-corrected chi connectivity index (χ4v) is 1.71. The van der Waals surface area contributed by atoms with Crippen LogP contribution in [0.2, 0.25) is 0 Å². The molecule has 4 nitrogen and oxygen atoms in total. The van der Waals surface area contributed by atoms with E-state index in [4.69, 9.17) is 10.2 Å². The molecule has 0 bridgehead atoms. The van der Waals surface area contributed by atoms with Gasteiger partial charge in [-0.25, -0.2) is 0 Å². The Hall–Kier alpha value is -1.32. The van der Waals surface area contributed by atoms with Crippen molar-refractivity contribution in [3.8, 4) is 0 Å². The summed E-state index contributed by atoms with van der Waals surface area (Å²) in [6.07, 6.45) is 12.9. The maximum atomic E-state index is 10.2. The van der Waals surface area contributed by atoms with E-state index in [1.54, 1.807) is 0 Å². The topological polar surface area (TPSA) is 74.6 Å². The molecule has 118 valence electrons. The molecule has 0 heterocycles. The first-order valence-corrected chi connectivity index (χ1v) is 7.59. The van der Waals surface area contributed by atoms with Gasteiger partial charge in [0, 0.05) is 6.42 Å². The van der Waals surface area contributed by atoms with Gasteiger partial charge in [-0.05, 0) is 6.42 Å². The lowest BCUT2D eigenvalue weighted by molar-refractivity contribution is -0.137. The first-order valence-electron chi connectivity index (χ1n) is 7.59. The molecule has 0 amide bonds. The van der Waals surface area contributed by atoms with Crippen LogP contribution in [0.3, 0.4) is 0 Å². The first kappa shape index (κ1) is 21.0. The summed E-state index contributed by atoms with van der Waals surface area (Å²) in [7, 11) is 0. The van der Waals surface area contributed by atoms with Crippen LogP contribution in [-0.2, 0) is 9.59 Å². The first-order chi connectivity index (χ1) is 9.54. The Morgan fingerprint density at radius 2 is 1.30 bits per heavy atom. The molecule has 0 aromatic carbocycles. The SMILES string of the molecule is C=CCC(=O)O.CCCCCCCCCCCC(=O)O. The number of carbonyl (C=O) groups is 2. The summed E-state index contributed by atoms with van der Waals surface area (Å²) < 4.78 is 0. The van der Waals surface area contributed by atoms with Gasteiger partial charge in [0.15, 0.2) is 0 Å². The molecule has 0 atom stereocenters. The number of unbranched alkanes of at least 4 members (excludes halogenated alkanes) is 8. The molecule has 0 unspecified atom stereocenters. The number of hydrogen-bond acceptors (Lipinski definition) is 2. The van der Waals surface area contributed by atoms with Crippen molar-refractivity contribution in [2.24, 2.45) is 0 Å². The van der Waals surface area contributed by atoms with Gasteiger partial charge in [0.05, 0.1) is 6.42 Å². The van der Waals surface area contributed by atoms with Crippen molar-refractivity contribution in [1.29, 1.82) is 0 Å². The second-order valence-corrected chi connectivity index (χ2v) is 4.86. The molecule has 0 saturated carbocycles. The zero-order valence-corrected chi connectivity index (χ0v) is 12.8. The normalized spacial score (nSPS) is 9.45. The predicted molar refractivity (Wildman–Crippen MR) is 81.9 cm³/mol. The van der Waals surface area contributed by atoms with Gasteiger partial charge in [-0.1, -0.05) is 64.4 Å². The smallest absolute Gasteiger partial charge is 0.307 e. The van der Waals surface area contributed by atoms with Crippen molar-refractivity contribution in [1.82, 2.24) is 0 Å². The van der Waals surface area contributed by atoms with E-state index in [9.17, 15) is 9.59 Å². The lowest BCUT2D eigenvalue weighted by Crippen LogP contribution is -1.93. The number of carboxylic acid groups (broad SMARTS) is 2. The fraction of sp³-hybridized carbons (Fsp3) is 0.750. The van der Waals surface area contributed by atoms with E-state index in [0.717, 1.165) is 12.8 Å². The summed E-state index contributed by atoms with van der Waals surface area (Å²) in [5.74, 6) is -1.49. The number of aliphatic carboxylic acids is 2. The molecule has 20 heavy (non-hydrogen) atoms. The summed E-state index contributed by atoms with van der Waals surface area (Å²) >= 11 is 0. The Morgan fingerprint density at radius 1 is 0.850 bits per heavy atom. The Labute approximate surface area is 122 Å². The Morgan fingerprint density at radius 3 is 1.60 bits per heavy atom. The maximum absolute atomic E-state index is 10.2. The highest BCUT2D eigenvalue weighted by atomic mass is 16.4. The van der Waals surface area contributed by atoms with Crippen molar-refractivity contribution in [2.45, 2.75) is 77.6 Å². The van der Waals surface area contributed by atoms with Gasteiger partial charge in [-0.2, -0.15) is 0 Å². The van der Waals surface area contributed by atoms with Crippen LogP contribution in [0.15, 0.2) is 12.7 Å². The molecule has 0 aliphatic carbocycles. The zero-order chi connectivity index (χ0) is 15.6. The van der Waals surface area contributed by atoms with Gasteiger partial charge in [0.2, 0.25) is 0 Å². The van der Waals surface area contributed by atoms with Crippen molar-refractivity contribution in [3.05, 3.63) is 12.7 Å². The molecule has 0 aliphatic rings. The Kier molecular flexibility index (Phi) is 18.6. The molecule has 0 saturated heterocycles. The van der Waals surface area contributed by atoms with E-state index in [0.29, 0.717) is 6.42 Å². The van der Waals surface area contributed by atoms with Gasteiger partial charge in [0.25, 0.3) is 0 Å². The number of rotatable bonds is 12. The maximum Gasteiger partial charge on any atom is 0.307 e. The molecular formula is C16H30O4.